The van der Waals surface area contributed by atoms with Crippen LogP contribution in [0.2, 0.25) is 0 Å². The van der Waals surface area contributed by atoms with Crippen LogP contribution in [0.15, 0.2) is 41.2 Å². The van der Waals surface area contributed by atoms with E-state index in [1.807, 2.05) is 24.3 Å². The first kappa shape index (κ1) is 17.4. The largest absolute Gasteiger partial charge is 0.309 e. The predicted molar refractivity (Wildman–Crippen MR) is 109 cm³/mol. The molecule has 4 nitrogen and oxygen atoms in total. The zero-order valence-corrected chi connectivity index (χ0v) is 16.0. The molecule has 0 saturated heterocycles. The van der Waals surface area contributed by atoms with E-state index in [4.69, 9.17) is 4.98 Å². The highest BCUT2D eigenvalue weighted by Crippen LogP contribution is 2.30. The third kappa shape index (κ3) is 3.89. The van der Waals surface area contributed by atoms with Gasteiger partial charge in [-0.3, -0.25) is 9.69 Å². The van der Waals surface area contributed by atoms with Crippen LogP contribution in [0.3, 0.4) is 0 Å². The van der Waals surface area contributed by atoms with Crippen molar-refractivity contribution in [2.45, 2.75) is 38.6 Å². The van der Waals surface area contributed by atoms with E-state index in [9.17, 15) is 4.79 Å². The molecule has 4 rings (SSSR count). The number of benzene rings is 1. The lowest BCUT2D eigenvalue weighted by Gasteiger charge is -2.26. The van der Waals surface area contributed by atoms with E-state index in [0.29, 0.717) is 11.9 Å². The Kier molecular flexibility index (Phi) is 5.18. The standard InChI is InChI=1S/C21H25N3OS/c1-24(13-15-8-4-2-5-9-15)14-19-22-20(25)17-12-18(26-21(17)23-19)16-10-6-3-7-11-16/h3,6-7,10-12,15H,2,4-5,8-9,13-14H2,1H3,(H,22,23,25). The molecule has 0 aliphatic heterocycles. The summed E-state index contributed by atoms with van der Waals surface area (Å²) in [6.07, 6.45) is 6.76. The van der Waals surface area contributed by atoms with Gasteiger partial charge in [-0.15, -0.1) is 11.3 Å². The molecule has 1 saturated carbocycles. The Labute approximate surface area is 157 Å². The molecule has 1 aromatic carbocycles. The van der Waals surface area contributed by atoms with E-state index in [1.54, 1.807) is 11.3 Å². The van der Waals surface area contributed by atoms with Crippen molar-refractivity contribution >= 4 is 21.6 Å². The van der Waals surface area contributed by atoms with Crippen molar-refractivity contribution in [3.05, 3.63) is 52.6 Å². The fourth-order valence-electron chi connectivity index (χ4n) is 3.93. The second-order valence-corrected chi connectivity index (χ2v) is 8.44. The fourth-order valence-corrected chi connectivity index (χ4v) is 4.98. The number of fused-ring (bicyclic) bond motifs is 1. The number of aromatic nitrogens is 2. The zero-order chi connectivity index (χ0) is 17.9. The summed E-state index contributed by atoms with van der Waals surface area (Å²) in [4.78, 5) is 24.4. The molecule has 1 aliphatic carbocycles. The summed E-state index contributed by atoms with van der Waals surface area (Å²) in [6, 6.07) is 12.1. The normalized spacial score (nSPS) is 15.8. The van der Waals surface area contributed by atoms with E-state index in [-0.39, 0.29) is 5.56 Å². The van der Waals surface area contributed by atoms with Crippen LogP contribution in [0.25, 0.3) is 20.7 Å². The van der Waals surface area contributed by atoms with E-state index in [1.165, 1.54) is 32.1 Å². The van der Waals surface area contributed by atoms with Crippen molar-refractivity contribution < 1.29 is 0 Å². The lowest BCUT2D eigenvalue weighted by Crippen LogP contribution is -2.28. The van der Waals surface area contributed by atoms with Gasteiger partial charge in [-0.1, -0.05) is 49.6 Å². The minimum atomic E-state index is -0.0329. The third-order valence-electron chi connectivity index (χ3n) is 5.22. The van der Waals surface area contributed by atoms with Crippen LogP contribution in [0.5, 0.6) is 0 Å². The lowest BCUT2D eigenvalue weighted by atomic mass is 9.89. The lowest BCUT2D eigenvalue weighted by molar-refractivity contribution is 0.224. The van der Waals surface area contributed by atoms with Gasteiger partial charge in [0, 0.05) is 11.4 Å². The van der Waals surface area contributed by atoms with Crippen LogP contribution in [0, 0.1) is 5.92 Å². The molecule has 5 heteroatoms. The first-order chi connectivity index (χ1) is 12.7. The Hall–Kier alpha value is -1.98. The quantitative estimate of drug-likeness (QED) is 0.713. The van der Waals surface area contributed by atoms with E-state index in [2.05, 4.69) is 29.1 Å². The van der Waals surface area contributed by atoms with Crippen LogP contribution in [-0.2, 0) is 6.54 Å². The summed E-state index contributed by atoms with van der Waals surface area (Å²) >= 11 is 1.59. The number of hydrogen-bond donors (Lipinski definition) is 1. The Morgan fingerprint density at radius 2 is 1.96 bits per heavy atom. The summed E-state index contributed by atoms with van der Waals surface area (Å²) in [5.41, 5.74) is 1.10. The van der Waals surface area contributed by atoms with Gasteiger partial charge < -0.3 is 4.98 Å². The zero-order valence-electron chi connectivity index (χ0n) is 15.2. The van der Waals surface area contributed by atoms with Crippen LogP contribution >= 0.6 is 11.3 Å². The maximum Gasteiger partial charge on any atom is 0.259 e. The first-order valence-electron chi connectivity index (χ1n) is 9.46. The minimum absolute atomic E-state index is 0.0329. The van der Waals surface area contributed by atoms with Gasteiger partial charge in [-0.05, 0) is 37.4 Å². The molecule has 26 heavy (non-hydrogen) atoms. The van der Waals surface area contributed by atoms with Gasteiger partial charge >= 0.3 is 0 Å². The van der Waals surface area contributed by atoms with Gasteiger partial charge in [-0.2, -0.15) is 0 Å². The molecule has 1 aliphatic rings. The van der Waals surface area contributed by atoms with Crippen LogP contribution < -0.4 is 5.56 Å². The number of aromatic amines is 1. The van der Waals surface area contributed by atoms with Crippen LogP contribution in [-0.4, -0.2) is 28.5 Å². The number of nitrogens with one attached hydrogen (secondary N) is 1. The molecule has 136 valence electrons. The number of rotatable bonds is 5. The highest BCUT2D eigenvalue weighted by Gasteiger charge is 2.16. The van der Waals surface area contributed by atoms with Gasteiger partial charge in [0.15, 0.2) is 0 Å². The highest BCUT2D eigenvalue weighted by molar-refractivity contribution is 7.21. The number of H-pyrrole nitrogens is 1. The fraction of sp³-hybridized carbons (Fsp3) is 0.429. The molecule has 0 unspecified atom stereocenters. The molecule has 0 bridgehead atoms. The summed E-state index contributed by atoms with van der Waals surface area (Å²) < 4.78 is 0. The van der Waals surface area contributed by atoms with Gasteiger partial charge in [-0.25, -0.2) is 4.98 Å². The maximum absolute atomic E-state index is 12.5. The Morgan fingerprint density at radius 1 is 1.19 bits per heavy atom. The summed E-state index contributed by atoms with van der Waals surface area (Å²) in [7, 11) is 2.13. The Balaban J connectivity index is 1.53. The van der Waals surface area contributed by atoms with Gasteiger partial charge in [0.25, 0.3) is 5.56 Å². The number of thiophene rings is 1. The Bertz CT molecular complexity index is 925. The maximum atomic E-state index is 12.5. The third-order valence-corrected chi connectivity index (χ3v) is 6.30. The summed E-state index contributed by atoms with van der Waals surface area (Å²) in [5.74, 6) is 1.55. The monoisotopic (exact) mass is 367 g/mol. The summed E-state index contributed by atoms with van der Waals surface area (Å²) in [6.45, 7) is 1.78. The van der Waals surface area contributed by atoms with Crippen molar-refractivity contribution in [1.29, 1.82) is 0 Å². The molecule has 0 spiro atoms. The van der Waals surface area contributed by atoms with Crippen molar-refractivity contribution in [2.75, 3.05) is 13.6 Å². The van der Waals surface area contributed by atoms with E-state index in [0.717, 1.165) is 33.6 Å². The highest BCUT2D eigenvalue weighted by atomic mass is 32.1. The first-order valence-corrected chi connectivity index (χ1v) is 10.3. The van der Waals surface area contributed by atoms with Crippen molar-refractivity contribution in [2.24, 2.45) is 5.92 Å². The molecule has 0 atom stereocenters. The van der Waals surface area contributed by atoms with Crippen molar-refractivity contribution in [3.63, 3.8) is 0 Å². The van der Waals surface area contributed by atoms with Gasteiger partial charge in [0.1, 0.15) is 10.7 Å². The second-order valence-electron chi connectivity index (χ2n) is 7.41. The number of nitrogens with zero attached hydrogens (tertiary/aromatic N) is 2. The van der Waals surface area contributed by atoms with Crippen molar-refractivity contribution in [3.8, 4) is 10.4 Å². The van der Waals surface area contributed by atoms with Crippen LogP contribution in [0.1, 0.15) is 37.9 Å². The molecule has 0 radical (unpaired) electrons. The molecule has 1 fully saturated rings. The molecular weight excluding hydrogens is 342 g/mol. The average molecular weight is 368 g/mol. The van der Waals surface area contributed by atoms with E-state index < -0.39 is 0 Å². The van der Waals surface area contributed by atoms with Crippen molar-refractivity contribution in [1.82, 2.24) is 14.9 Å². The Morgan fingerprint density at radius 3 is 2.73 bits per heavy atom. The predicted octanol–water partition coefficient (Wildman–Crippen LogP) is 4.66. The average Bonchev–Trinajstić information content (AvgIpc) is 3.08. The SMILES string of the molecule is CN(Cc1nc2sc(-c3ccccc3)cc2c(=O)[nH]1)CC1CCCCC1. The molecule has 0 amide bonds. The van der Waals surface area contributed by atoms with E-state index >= 15 is 0 Å². The van der Waals surface area contributed by atoms with Gasteiger partial charge in [0.05, 0.1) is 11.9 Å². The smallest absolute Gasteiger partial charge is 0.259 e. The number of hydrogen-bond acceptors (Lipinski definition) is 4. The topological polar surface area (TPSA) is 49.0 Å². The molecule has 1 N–H and O–H groups in total. The molecule has 2 aromatic heterocycles. The molecule has 3 aromatic rings. The van der Waals surface area contributed by atoms with Crippen LogP contribution in [0.4, 0.5) is 0 Å². The molecular formula is C21H25N3OS. The summed E-state index contributed by atoms with van der Waals surface area (Å²) in [5, 5.41) is 0.688. The second kappa shape index (κ2) is 7.72. The van der Waals surface area contributed by atoms with Gasteiger partial charge in [0.2, 0.25) is 0 Å². The minimum Gasteiger partial charge on any atom is -0.309 e. The molecule has 2 heterocycles.